The summed E-state index contributed by atoms with van der Waals surface area (Å²) in [6.45, 7) is 8.82. The van der Waals surface area contributed by atoms with Crippen LogP contribution < -0.4 is 9.73 Å². The van der Waals surface area contributed by atoms with Gasteiger partial charge in [-0.1, -0.05) is 29.3 Å². The number of benzene rings is 2. The third-order valence-electron chi connectivity index (χ3n) is 5.04. The van der Waals surface area contributed by atoms with Crippen LogP contribution in [0.1, 0.15) is 31.9 Å². The summed E-state index contributed by atoms with van der Waals surface area (Å²) in [5, 5.41) is 3.98. The number of hydrogen-bond donors (Lipinski definition) is 1. The van der Waals surface area contributed by atoms with Crippen LogP contribution >= 0.6 is 11.6 Å². The number of sulfonamides is 1. The molecule has 0 spiro atoms. The van der Waals surface area contributed by atoms with E-state index in [1.165, 1.54) is 12.1 Å². The minimum absolute atomic E-state index is 0.0466. The summed E-state index contributed by atoms with van der Waals surface area (Å²) in [7, 11) is -3.91. The van der Waals surface area contributed by atoms with Gasteiger partial charge in [0, 0.05) is 31.2 Å². The second-order valence-electron chi connectivity index (χ2n) is 8.94. The van der Waals surface area contributed by atoms with Gasteiger partial charge < -0.3 is 14.5 Å². The molecule has 0 aromatic heterocycles. The van der Waals surface area contributed by atoms with Gasteiger partial charge >= 0.3 is 6.09 Å². The third-order valence-corrected chi connectivity index (χ3v) is 6.50. The Hall–Kier alpha value is -2.85. The number of nitrogens with one attached hydrogen (secondary N) is 1. The largest absolute Gasteiger partial charge is 0.444 e. The topological polar surface area (TPSA) is 91.3 Å². The molecule has 34 heavy (non-hydrogen) atoms. The van der Waals surface area contributed by atoms with Crippen molar-refractivity contribution in [3.63, 3.8) is 0 Å². The van der Waals surface area contributed by atoms with Gasteiger partial charge in [0.25, 0.3) is 10.0 Å². The summed E-state index contributed by atoms with van der Waals surface area (Å²) < 4.78 is 45.1. The van der Waals surface area contributed by atoms with Gasteiger partial charge in [0.2, 0.25) is 0 Å². The summed E-state index contributed by atoms with van der Waals surface area (Å²) >= 11 is 6.09. The Morgan fingerprint density at radius 3 is 2.35 bits per heavy atom. The minimum Gasteiger partial charge on any atom is -0.444 e. The molecular formula is C23H28ClFN4O4S. The number of ether oxygens (including phenoxy) is 1. The molecule has 1 aliphatic rings. The number of aryl methyl sites for hydroxylation is 1. The Balaban J connectivity index is 1.75. The first-order valence-corrected chi connectivity index (χ1v) is 12.6. The van der Waals surface area contributed by atoms with E-state index in [9.17, 15) is 17.6 Å². The SMILES string of the molecule is Cc1ccc(S(=O)(=O)N/N=C/c2c(F)cc(Cl)cc2N2CCN(C(=O)OC(C)(C)C)CC2)cc1. The molecule has 1 heterocycles. The summed E-state index contributed by atoms with van der Waals surface area (Å²) in [6, 6.07) is 9.00. The number of hydrogen-bond acceptors (Lipinski definition) is 6. The molecule has 1 fully saturated rings. The molecule has 0 aliphatic carbocycles. The molecule has 11 heteroatoms. The van der Waals surface area contributed by atoms with Crippen molar-refractivity contribution < 1.29 is 22.3 Å². The Kier molecular flexibility index (Phi) is 7.72. The van der Waals surface area contributed by atoms with Crippen LogP contribution in [0.5, 0.6) is 0 Å². The van der Waals surface area contributed by atoms with Crippen LogP contribution in [0, 0.1) is 12.7 Å². The van der Waals surface area contributed by atoms with Gasteiger partial charge in [-0.2, -0.15) is 13.5 Å². The van der Waals surface area contributed by atoms with Gasteiger partial charge in [0.1, 0.15) is 11.4 Å². The van der Waals surface area contributed by atoms with Crippen LogP contribution in [0.3, 0.4) is 0 Å². The van der Waals surface area contributed by atoms with Crippen molar-refractivity contribution in [2.24, 2.45) is 5.10 Å². The van der Waals surface area contributed by atoms with Crippen molar-refractivity contribution in [1.82, 2.24) is 9.73 Å². The molecule has 1 aliphatic heterocycles. The molecule has 0 radical (unpaired) electrons. The Labute approximate surface area is 204 Å². The van der Waals surface area contributed by atoms with Crippen molar-refractivity contribution in [2.45, 2.75) is 38.2 Å². The van der Waals surface area contributed by atoms with Gasteiger partial charge in [-0.15, -0.1) is 0 Å². The molecule has 0 atom stereocenters. The normalized spacial score (nSPS) is 15.0. The molecule has 1 N–H and O–H groups in total. The monoisotopic (exact) mass is 510 g/mol. The number of carbonyl (C=O) groups excluding carboxylic acids is 1. The Bertz CT molecular complexity index is 1170. The van der Waals surface area contributed by atoms with E-state index in [2.05, 4.69) is 9.93 Å². The predicted octanol–water partition coefficient (Wildman–Crippen LogP) is 4.16. The van der Waals surface area contributed by atoms with Gasteiger partial charge in [-0.05, 0) is 52.0 Å². The first kappa shape index (κ1) is 25.8. The van der Waals surface area contributed by atoms with E-state index in [0.717, 1.165) is 17.8 Å². The highest BCUT2D eigenvalue weighted by Gasteiger charge is 2.27. The molecule has 2 aromatic carbocycles. The van der Waals surface area contributed by atoms with E-state index in [4.69, 9.17) is 16.3 Å². The molecule has 184 valence electrons. The van der Waals surface area contributed by atoms with E-state index in [0.29, 0.717) is 31.9 Å². The molecule has 0 saturated carbocycles. The van der Waals surface area contributed by atoms with Crippen LogP contribution in [-0.4, -0.2) is 57.4 Å². The summed E-state index contributed by atoms with van der Waals surface area (Å²) in [6.07, 6.45) is 0.712. The van der Waals surface area contributed by atoms with E-state index in [-0.39, 0.29) is 15.5 Å². The second-order valence-corrected chi connectivity index (χ2v) is 11.0. The van der Waals surface area contributed by atoms with Gasteiger partial charge in [0.05, 0.1) is 22.4 Å². The lowest BCUT2D eigenvalue weighted by Crippen LogP contribution is -2.50. The predicted molar refractivity (Wildman–Crippen MR) is 131 cm³/mol. The van der Waals surface area contributed by atoms with Crippen molar-refractivity contribution in [2.75, 3.05) is 31.1 Å². The Morgan fingerprint density at radius 2 is 1.76 bits per heavy atom. The van der Waals surface area contributed by atoms with Crippen molar-refractivity contribution in [3.05, 3.63) is 58.4 Å². The lowest BCUT2D eigenvalue weighted by atomic mass is 10.1. The lowest BCUT2D eigenvalue weighted by Gasteiger charge is -2.37. The number of amides is 1. The van der Waals surface area contributed by atoms with Crippen molar-refractivity contribution >= 4 is 39.6 Å². The fourth-order valence-corrected chi connectivity index (χ4v) is 4.34. The molecule has 8 nitrogen and oxygen atoms in total. The second kappa shape index (κ2) is 10.2. The number of hydrazone groups is 1. The van der Waals surface area contributed by atoms with Crippen LogP contribution in [0.2, 0.25) is 5.02 Å². The first-order valence-electron chi connectivity index (χ1n) is 10.7. The summed E-state index contributed by atoms with van der Waals surface area (Å²) in [5.74, 6) is -0.643. The zero-order valence-corrected chi connectivity index (χ0v) is 21.1. The van der Waals surface area contributed by atoms with E-state index in [1.807, 2.05) is 11.8 Å². The van der Waals surface area contributed by atoms with Crippen LogP contribution in [0.15, 0.2) is 46.4 Å². The molecular weight excluding hydrogens is 483 g/mol. The average Bonchev–Trinajstić information content (AvgIpc) is 2.74. The number of halogens is 2. The standard InChI is InChI=1S/C23H28ClFN4O4S/c1-16-5-7-18(8-6-16)34(31,32)27-26-15-19-20(25)13-17(24)14-21(19)28-9-11-29(12-10-28)22(30)33-23(2,3)4/h5-8,13-15,27H,9-12H2,1-4H3/b26-15+. The number of anilines is 1. The molecule has 1 saturated heterocycles. The quantitative estimate of drug-likeness (QED) is 0.482. The van der Waals surface area contributed by atoms with E-state index in [1.54, 1.807) is 43.9 Å². The van der Waals surface area contributed by atoms with E-state index >= 15 is 0 Å². The third kappa shape index (κ3) is 6.60. The smallest absolute Gasteiger partial charge is 0.410 e. The molecule has 0 bridgehead atoms. The number of piperazine rings is 1. The zero-order chi connectivity index (χ0) is 25.1. The van der Waals surface area contributed by atoms with Crippen LogP contribution in [0.25, 0.3) is 0 Å². The fourth-order valence-electron chi connectivity index (χ4n) is 3.35. The number of carbonyl (C=O) groups is 1. The van der Waals surface area contributed by atoms with Crippen LogP contribution in [-0.2, 0) is 14.8 Å². The summed E-state index contributed by atoms with van der Waals surface area (Å²) in [4.78, 5) is 17.9. The highest BCUT2D eigenvalue weighted by Crippen LogP contribution is 2.28. The average molecular weight is 511 g/mol. The first-order chi connectivity index (χ1) is 15.9. The Morgan fingerprint density at radius 1 is 1.15 bits per heavy atom. The minimum atomic E-state index is -3.91. The van der Waals surface area contributed by atoms with Crippen LogP contribution in [0.4, 0.5) is 14.9 Å². The molecule has 1 amide bonds. The van der Waals surface area contributed by atoms with Crippen molar-refractivity contribution in [1.29, 1.82) is 0 Å². The number of rotatable bonds is 5. The lowest BCUT2D eigenvalue weighted by molar-refractivity contribution is 0.0240. The zero-order valence-electron chi connectivity index (χ0n) is 19.5. The van der Waals surface area contributed by atoms with E-state index < -0.39 is 27.5 Å². The van der Waals surface area contributed by atoms with Gasteiger partial charge in [-0.3, -0.25) is 0 Å². The highest BCUT2D eigenvalue weighted by molar-refractivity contribution is 7.89. The maximum atomic E-state index is 14.8. The van der Waals surface area contributed by atoms with Gasteiger partial charge in [0.15, 0.2) is 0 Å². The molecule has 3 rings (SSSR count). The molecule has 0 unspecified atom stereocenters. The highest BCUT2D eigenvalue weighted by atomic mass is 35.5. The summed E-state index contributed by atoms with van der Waals surface area (Å²) in [5.41, 5.74) is 0.857. The van der Waals surface area contributed by atoms with Gasteiger partial charge in [-0.25, -0.2) is 14.0 Å². The maximum Gasteiger partial charge on any atom is 0.410 e. The molecule has 2 aromatic rings. The number of nitrogens with zero attached hydrogens (tertiary/aromatic N) is 3. The fraction of sp³-hybridized carbons (Fsp3) is 0.391. The van der Waals surface area contributed by atoms with Crippen molar-refractivity contribution in [3.8, 4) is 0 Å². The maximum absolute atomic E-state index is 14.8.